The lowest BCUT2D eigenvalue weighted by molar-refractivity contribution is -0.159. The molecule has 1 atom stereocenters. The van der Waals surface area contributed by atoms with Crippen LogP contribution < -0.4 is 10.7 Å². The van der Waals surface area contributed by atoms with E-state index in [1.165, 1.54) is 12.3 Å². The minimum absolute atomic E-state index is 0.0255. The van der Waals surface area contributed by atoms with Crippen molar-refractivity contribution in [2.24, 2.45) is 0 Å². The number of aromatic amines is 1. The van der Waals surface area contributed by atoms with Crippen LogP contribution in [0.15, 0.2) is 29.2 Å². The zero-order valence-corrected chi connectivity index (χ0v) is 16.9. The van der Waals surface area contributed by atoms with Gasteiger partial charge in [0, 0.05) is 27.9 Å². The molecule has 0 fully saturated rings. The number of aliphatic hydroxyl groups is 1. The van der Waals surface area contributed by atoms with Crippen molar-refractivity contribution in [1.82, 2.24) is 4.98 Å². The maximum atomic E-state index is 13.0. The fourth-order valence-corrected chi connectivity index (χ4v) is 3.46. The number of halogens is 1. The summed E-state index contributed by atoms with van der Waals surface area (Å²) in [5.74, 6) is -1.42. The number of rotatable bonds is 3. The molecule has 2 aromatic rings. The van der Waals surface area contributed by atoms with E-state index >= 15 is 0 Å². The number of carbonyl (C=O) groups excluding carboxylic acids is 1. The zero-order valence-electron chi connectivity index (χ0n) is 16.1. The Kier molecular flexibility index (Phi) is 5.19. The smallest absolute Gasteiger partial charge is 0.412 e. The number of benzene rings is 1. The molecule has 4 N–H and O–H groups in total. The molecule has 0 spiro atoms. The normalized spacial score (nSPS) is 18.2. The molecule has 9 heteroatoms. The standard InChI is InChI=1S/C20H21ClN2O6/c1-19(2,3)29-18(27)23-14-5-4-10(21)8-12(14)13-9-22-16-11(15(13)24)6-7-20(16,28)17(25)26/h4-5,8-9,28H,6-7H2,1-3H3,(H,22,24)(H,23,27)(H,25,26). The Labute approximate surface area is 171 Å². The largest absolute Gasteiger partial charge is 0.479 e. The highest BCUT2D eigenvalue weighted by Crippen LogP contribution is 2.36. The molecule has 8 nitrogen and oxygen atoms in total. The Bertz CT molecular complexity index is 1060. The number of carbonyl (C=O) groups is 2. The first-order valence-corrected chi connectivity index (χ1v) is 9.31. The van der Waals surface area contributed by atoms with Gasteiger partial charge in [-0.2, -0.15) is 0 Å². The first kappa shape index (κ1) is 20.9. The first-order valence-electron chi connectivity index (χ1n) is 8.93. The van der Waals surface area contributed by atoms with Crippen molar-refractivity contribution in [3.8, 4) is 11.1 Å². The second-order valence-electron chi connectivity index (χ2n) is 7.87. The van der Waals surface area contributed by atoms with Gasteiger partial charge < -0.3 is 19.9 Å². The van der Waals surface area contributed by atoms with E-state index in [0.29, 0.717) is 16.3 Å². The summed E-state index contributed by atoms with van der Waals surface area (Å²) < 4.78 is 5.25. The lowest BCUT2D eigenvalue weighted by atomic mass is 9.99. The molecule has 0 radical (unpaired) electrons. The van der Waals surface area contributed by atoms with Gasteiger partial charge in [0.1, 0.15) is 5.60 Å². The molecule has 1 unspecified atom stereocenters. The van der Waals surface area contributed by atoms with Crippen LogP contribution in [0.2, 0.25) is 5.02 Å². The number of hydrogen-bond donors (Lipinski definition) is 4. The predicted molar refractivity (Wildman–Crippen MR) is 107 cm³/mol. The number of hydrogen-bond acceptors (Lipinski definition) is 5. The molecular weight excluding hydrogens is 400 g/mol. The summed E-state index contributed by atoms with van der Waals surface area (Å²) in [5, 5.41) is 22.6. The van der Waals surface area contributed by atoms with Crippen molar-refractivity contribution < 1.29 is 24.5 Å². The van der Waals surface area contributed by atoms with E-state index in [0.717, 1.165) is 0 Å². The molecule has 0 saturated carbocycles. The third-order valence-electron chi connectivity index (χ3n) is 4.59. The summed E-state index contributed by atoms with van der Waals surface area (Å²) in [6, 6.07) is 4.62. The summed E-state index contributed by atoms with van der Waals surface area (Å²) in [4.78, 5) is 39.4. The number of nitrogens with one attached hydrogen (secondary N) is 2. The molecule has 3 rings (SSSR count). The van der Waals surface area contributed by atoms with Gasteiger partial charge >= 0.3 is 12.1 Å². The fraction of sp³-hybridized carbons (Fsp3) is 0.350. The average molecular weight is 421 g/mol. The minimum Gasteiger partial charge on any atom is -0.479 e. The Morgan fingerprint density at radius 2 is 1.97 bits per heavy atom. The summed E-state index contributed by atoms with van der Waals surface area (Å²) in [6.07, 6.45) is 0.618. The summed E-state index contributed by atoms with van der Waals surface area (Å²) in [6.45, 7) is 5.18. The van der Waals surface area contributed by atoms with Crippen LogP contribution in [0, 0.1) is 0 Å². The number of aromatic nitrogens is 1. The van der Waals surface area contributed by atoms with Crippen molar-refractivity contribution in [3.05, 3.63) is 50.9 Å². The molecule has 1 heterocycles. The van der Waals surface area contributed by atoms with Crippen molar-refractivity contribution in [2.75, 3.05) is 5.32 Å². The third-order valence-corrected chi connectivity index (χ3v) is 4.83. The molecule has 0 aliphatic heterocycles. The quantitative estimate of drug-likeness (QED) is 0.603. The van der Waals surface area contributed by atoms with E-state index < -0.39 is 28.7 Å². The fourth-order valence-electron chi connectivity index (χ4n) is 3.29. The molecule has 1 aromatic heterocycles. The molecule has 1 aromatic carbocycles. The zero-order chi connectivity index (χ0) is 21.6. The maximum absolute atomic E-state index is 13.0. The molecule has 154 valence electrons. The van der Waals surface area contributed by atoms with Gasteiger partial charge in [0.15, 0.2) is 5.43 Å². The van der Waals surface area contributed by atoms with Gasteiger partial charge in [0.25, 0.3) is 0 Å². The Morgan fingerprint density at radius 3 is 2.59 bits per heavy atom. The van der Waals surface area contributed by atoms with E-state index in [-0.39, 0.29) is 29.7 Å². The second kappa shape index (κ2) is 7.20. The van der Waals surface area contributed by atoms with Gasteiger partial charge in [0.05, 0.1) is 11.4 Å². The first-order chi connectivity index (χ1) is 13.4. The number of anilines is 1. The molecule has 29 heavy (non-hydrogen) atoms. The van der Waals surface area contributed by atoms with Gasteiger partial charge in [-0.1, -0.05) is 11.6 Å². The number of aliphatic carboxylic acids is 1. The van der Waals surface area contributed by atoms with Crippen LogP contribution in [-0.2, 0) is 21.6 Å². The number of carboxylic acids is 1. The van der Waals surface area contributed by atoms with Gasteiger partial charge in [-0.15, -0.1) is 0 Å². The number of carboxylic acid groups (broad SMARTS) is 1. The molecule has 1 aliphatic rings. The van der Waals surface area contributed by atoms with E-state index in [4.69, 9.17) is 16.3 Å². The highest BCUT2D eigenvalue weighted by Gasteiger charge is 2.46. The Morgan fingerprint density at radius 1 is 1.28 bits per heavy atom. The molecule has 0 bridgehead atoms. The van der Waals surface area contributed by atoms with Crippen LogP contribution in [0.4, 0.5) is 10.5 Å². The minimum atomic E-state index is -2.13. The number of ether oxygens (including phenoxy) is 1. The van der Waals surface area contributed by atoms with Crippen LogP contribution in [0.25, 0.3) is 11.1 Å². The number of pyridine rings is 1. The summed E-state index contributed by atoms with van der Waals surface area (Å²) in [5.41, 5.74) is -2.27. The SMILES string of the molecule is CC(C)(C)OC(=O)Nc1ccc(Cl)cc1-c1c[nH]c2c(c1=O)CCC2(O)C(=O)O. The van der Waals surface area contributed by atoms with Crippen LogP contribution >= 0.6 is 11.6 Å². The topological polar surface area (TPSA) is 129 Å². The van der Waals surface area contributed by atoms with Crippen LogP contribution in [-0.4, -0.2) is 32.9 Å². The van der Waals surface area contributed by atoms with Crippen molar-refractivity contribution in [3.63, 3.8) is 0 Å². The number of H-pyrrole nitrogens is 1. The summed E-state index contributed by atoms with van der Waals surface area (Å²) >= 11 is 6.09. The Hall–Kier alpha value is -2.84. The van der Waals surface area contributed by atoms with E-state index in [1.807, 2.05) is 0 Å². The lowest BCUT2D eigenvalue weighted by Crippen LogP contribution is -2.34. The van der Waals surface area contributed by atoms with Crippen molar-refractivity contribution in [2.45, 2.75) is 44.8 Å². The number of amides is 1. The monoisotopic (exact) mass is 420 g/mol. The molecule has 1 amide bonds. The van der Waals surface area contributed by atoms with E-state index in [9.17, 15) is 24.6 Å². The maximum Gasteiger partial charge on any atom is 0.412 e. The highest BCUT2D eigenvalue weighted by atomic mass is 35.5. The molecule has 1 aliphatic carbocycles. The van der Waals surface area contributed by atoms with Crippen molar-refractivity contribution >= 4 is 29.4 Å². The van der Waals surface area contributed by atoms with E-state index in [2.05, 4.69) is 10.3 Å². The molecular formula is C20H21ClN2O6. The van der Waals surface area contributed by atoms with Gasteiger partial charge in [-0.3, -0.25) is 10.1 Å². The van der Waals surface area contributed by atoms with E-state index in [1.54, 1.807) is 32.9 Å². The number of fused-ring (bicyclic) bond motifs is 1. The van der Waals surface area contributed by atoms with Crippen molar-refractivity contribution in [1.29, 1.82) is 0 Å². The van der Waals surface area contributed by atoms with Gasteiger partial charge in [0.2, 0.25) is 5.60 Å². The Balaban J connectivity index is 2.06. The molecule has 0 saturated heterocycles. The van der Waals surface area contributed by atoms with Crippen LogP contribution in [0.1, 0.15) is 38.4 Å². The average Bonchev–Trinajstić information content (AvgIpc) is 2.95. The predicted octanol–water partition coefficient (Wildman–Crippen LogP) is 3.26. The van der Waals surface area contributed by atoms with Crippen LogP contribution in [0.3, 0.4) is 0 Å². The lowest BCUT2D eigenvalue weighted by Gasteiger charge is -2.21. The van der Waals surface area contributed by atoms with Crippen LogP contribution in [0.5, 0.6) is 0 Å². The van der Waals surface area contributed by atoms with Gasteiger partial charge in [-0.05, 0) is 51.8 Å². The van der Waals surface area contributed by atoms with Gasteiger partial charge in [-0.25, -0.2) is 9.59 Å². The highest BCUT2D eigenvalue weighted by molar-refractivity contribution is 6.31. The summed E-state index contributed by atoms with van der Waals surface area (Å²) in [7, 11) is 0. The third kappa shape index (κ3) is 3.99. The second-order valence-corrected chi connectivity index (χ2v) is 8.30.